The van der Waals surface area contributed by atoms with Crippen molar-refractivity contribution in [2.24, 2.45) is 0 Å². The first kappa shape index (κ1) is 27.0. The summed E-state index contributed by atoms with van der Waals surface area (Å²) in [5, 5.41) is 8.52. The van der Waals surface area contributed by atoms with Crippen LogP contribution in [0.25, 0.3) is 102 Å². The van der Waals surface area contributed by atoms with Crippen molar-refractivity contribution >= 4 is 95.9 Å². The van der Waals surface area contributed by atoms with Crippen LogP contribution in [0.1, 0.15) is 0 Å². The van der Waals surface area contributed by atoms with Crippen LogP contribution >= 0.6 is 22.7 Å². The molecule has 0 unspecified atom stereocenters. The molecule has 0 radical (unpaired) electrons. The van der Waals surface area contributed by atoms with Gasteiger partial charge in [0.2, 0.25) is 5.95 Å². The number of thiophene rings is 2. The maximum absolute atomic E-state index is 5.44. The van der Waals surface area contributed by atoms with Gasteiger partial charge in [-0.3, -0.25) is 4.57 Å². The van der Waals surface area contributed by atoms with Gasteiger partial charge in [0, 0.05) is 58.9 Å². The molecule has 0 bridgehead atoms. The fourth-order valence-electron chi connectivity index (χ4n) is 7.55. The van der Waals surface area contributed by atoms with Gasteiger partial charge in [-0.05, 0) is 41.5 Å². The Balaban J connectivity index is 1.28. The van der Waals surface area contributed by atoms with Crippen molar-refractivity contribution in [3.05, 3.63) is 146 Å². The lowest BCUT2D eigenvalue weighted by Crippen LogP contribution is -2.03. The zero-order valence-corrected chi connectivity index (χ0v) is 27.6. The minimum Gasteiger partial charge on any atom is -0.276 e. The largest absolute Gasteiger partial charge is 0.276 e. The van der Waals surface area contributed by atoms with E-state index in [9.17, 15) is 0 Å². The molecule has 4 nitrogen and oxygen atoms in total. The summed E-state index contributed by atoms with van der Waals surface area (Å²) in [6.45, 7) is 0. The van der Waals surface area contributed by atoms with Crippen LogP contribution in [0.4, 0.5) is 0 Å². The number of benzene rings is 6. The molecule has 11 rings (SSSR count). The summed E-state index contributed by atoms with van der Waals surface area (Å²) < 4.78 is 6.09. The summed E-state index contributed by atoms with van der Waals surface area (Å²) in [6.07, 6.45) is 1.90. The van der Waals surface area contributed by atoms with Crippen LogP contribution < -0.4 is 0 Å². The number of rotatable bonds is 3. The highest BCUT2D eigenvalue weighted by molar-refractivity contribution is 7.29. The summed E-state index contributed by atoms with van der Waals surface area (Å²) in [7, 11) is 0. The molecular weight excluding hydrogens is 637 g/mol. The summed E-state index contributed by atoms with van der Waals surface area (Å²) in [6, 6.07) is 49.4. The number of para-hydroxylation sites is 2. The van der Waals surface area contributed by atoms with Crippen molar-refractivity contribution in [3.8, 4) is 28.3 Å². The summed E-state index contributed by atoms with van der Waals surface area (Å²) in [5.74, 6) is 0.666. The second-order valence-electron chi connectivity index (χ2n) is 12.4. The van der Waals surface area contributed by atoms with Gasteiger partial charge in [-0.25, -0.2) is 15.0 Å². The molecular formula is C43H24N4S2. The number of pyridine rings is 1. The lowest BCUT2D eigenvalue weighted by atomic mass is 10.0. The molecule has 0 saturated carbocycles. The van der Waals surface area contributed by atoms with E-state index in [2.05, 4.69) is 144 Å². The van der Waals surface area contributed by atoms with Crippen LogP contribution in [-0.4, -0.2) is 19.5 Å². The normalized spacial score (nSPS) is 12.1. The van der Waals surface area contributed by atoms with Gasteiger partial charge in [-0.2, -0.15) is 0 Å². The minimum absolute atomic E-state index is 0.666. The third-order valence-corrected chi connectivity index (χ3v) is 12.0. The molecule has 0 saturated heterocycles. The Morgan fingerprint density at radius 1 is 0.469 bits per heavy atom. The van der Waals surface area contributed by atoms with Crippen molar-refractivity contribution in [1.82, 2.24) is 19.5 Å². The van der Waals surface area contributed by atoms with Gasteiger partial charge in [-0.15, -0.1) is 22.7 Å². The van der Waals surface area contributed by atoms with E-state index in [1.54, 1.807) is 11.3 Å². The average Bonchev–Trinajstić information content (AvgIpc) is 3.85. The van der Waals surface area contributed by atoms with E-state index in [4.69, 9.17) is 15.0 Å². The molecule has 0 aliphatic carbocycles. The van der Waals surface area contributed by atoms with Crippen LogP contribution in [0.2, 0.25) is 0 Å². The predicted octanol–water partition coefficient (Wildman–Crippen LogP) is 12.2. The number of hydrogen-bond acceptors (Lipinski definition) is 5. The Morgan fingerprint density at radius 2 is 1.14 bits per heavy atom. The molecule has 0 amide bonds. The molecule has 228 valence electrons. The molecule has 0 aliphatic rings. The molecule has 0 N–H and O–H groups in total. The highest BCUT2D eigenvalue weighted by Gasteiger charge is 2.26. The lowest BCUT2D eigenvalue weighted by molar-refractivity contribution is 1.02. The fourth-order valence-corrected chi connectivity index (χ4v) is 10.0. The minimum atomic E-state index is 0.666. The van der Waals surface area contributed by atoms with Crippen LogP contribution in [0.15, 0.2) is 146 Å². The first-order valence-corrected chi connectivity index (χ1v) is 17.9. The molecule has 49 heavy (non-hydrogen) atoms. The Labute approximate surface area is 288 Å². The van der Waals surface area contributed by atoms with E-state index in [0.29, 0.717) is 5.95 Å². The van der Waals surface area contributed by atoms with Crippen molar-refractivity contribution in [2.45, 2.75) is 0 Å². The average molecular weight is 661 g/mol. The zero-order chi connectivity index (χ0) is 32.1. The van der Waals surface area contributed by atoms with E-state index >= 15 is 0 Å². The SMILES string of the molecule is c1ccc(-c2ccc(-c3nc(-n4c5ccccc5c5c6sc7ccccc7c6c6c7cccnc7sc6c54)nc4ccccc34)cc2)cc1. The van der Waals surface area contributed by atoms with E-state index in [1.807, 2.05) is 17.5 Å². The van der Waals surface area contributed by atoms with Crippen LogP contribution in [0.5, 0.6) is 0 Å². The molecule has 0 atom stereocenters. The number of hydrogen-bond donors (Lipinski definition) is 0. The van der Waals surface area contributed by atoms with Gasteiger partial charge in [-0.1, -0.05) is 109 Å². The maximum atomic E-state index is 5.44. The topological polar surface area (TPSA) is 43.6 Å². The summed E-state index contributed by atoms with van der Waals surface area (Å²) in [4.78, 5) is 16.6. The predicted molar refractivity (Wildman–Crippen MR) is 208 cm³/mol. The molecule has 5 heterocycles. The molecule has 0 spiro atoms. The number of aromatic nitrogens is 4. The van der Waals surface area contributed by atoms with Gasteiger partial charge < -0.3 is 0 Å². The monoisotopic (exact) mass is 660 g/mol. The number of fused-ring (bicyclic) bond motifs is 13. The second-order valence-corrected chi connectivity index (χ2v) is 14.4. The quantitative estimate of drug-likeness (QED) is 0.189. The number of nitrogens with zero attached hydrogens (tertiary/aromatic N) is 4. The third kappa shape index (κ3) is 3.87. The molecule has 6 heteroatoms. The highest BCUT2D eigenvalue weighted by Crippen LogP contribution is 2.51. The lowest BCUT2D eigenvalue weighted by Gasteiger charge is -2.12. The van der Waals surface area contributed by atoms with Crippen molar-refractivity contribution in [2.75, 3.05) is 0 Å². The van der Waals surface area contributed by atoms with Crippen molar-refractivity contribution in [1.29, 1.82) is 0 Å². The van der Waals surface area contributed by atoms with E-state index < -0.39 is 0 Å². The molecule has 0 fully saturated rings. The molecule has 5 aromatic heterocycles. The summed E-state index contributed by atoms with van der Waals surface area (Å²) in [5.41, 5.74) is 7.50. The van der Waals surface area contributed by atoms with Gasteiger partial charge in [0.25, 0.3) is 0 Å². The van der Waals surface area contributed by atoms with Gasteiger partial charge in [0.05, 0.1) is 26.9 Å². The Hall–Kier alpha value is -5.95. The third-order valence-electron chi connectivity index (χ3n) is 9.69. The fraction of sp³-hybridized carbons (Fsp3) is 0. The van der Waals surface area contributed by atoms with Crippen molar-refractivity contribution in [3.63, 3.8) is 0 Å². The van der Waals surface area contributed by atoms with E-state index in [1.165, 1.54) is 57.5 Å². The Kier molecular flexibility index (Phi) is 5.67. The Bertz CT molecular complexity index is 3100. The first-order valence-electron chi connectivity index (χ1n) is 16.3. The second kappa shape index (κ2) is 10.3. The van der Waals surface area contributed by atoms with Gasteiger partial charge in [0.15, 0.2) is 0 Å². The van der Waals surface area contributed by atoms with Crippen molar-refractivity contribution < 1.29 is 0 Å². The zero-order valence-electron chi connectivity index (χ0n) is 26.0. The van der Waals surface area contributed by atoms with Gasteiger partial charge in [0.1, 0.15) is 4.83 Å². The Morgan fingerprint density at radius 3 is 2.02 bits per heavy atom. The molecule has 11 aromatic rings. The van der Waals surface area contributed by atoms with Crippen LogP contribution in [0, 0.1) is 0 Å². The molecule has 6 aromatic carbocycles. The standard InChI is InChI=1S/C43H24N4S2/c1-2-11-25(12-3-1)26-20-22-27(23-21-26)38-28-13-4-7-17-32(28)45-43(46-38)47-33-18-8-5-14-29(33)37-39(47)41-36(31-16-10-24-44-42(31)49-41)35-30-15-6-9-19-34(30)48-40(35)37/h1-24H. The van der Waals surface area contributed by atoms with Gasteiger partial charge >= 0.3 is 0 Å². The van der Waals surface area contributed by atoms with E-state index in [0.717, 1.165) is 38.0 Å². The van der Waals surface area contributed by atoms with E-state index in [-0.39, 0.29) is 0 Å². The first-order chi connectivity index (χ1) is 24.3. The highest BCUT2D eigenvalue weighted by atomic mass is 32.1. The van der Waals surface area contributed by atoms with Crippen LogP contribution in [0.3, 0.4) is 0 Å². The summed E-state index contributed by atoms with van der Waals surface area (Å²) >= 11 is 3.64. The maximum Gasteiger partial charge on any atom is 0.235 e. The smallest absolute Gasteiger partial charge is 0.235 e. The molecule has 0 aliphatic heterocycles. The van der Waals surface area contributed by atoms with Crippen LogP contribution in [-0.2, 0) is 0 Å².